The molecule has 2 aromatic heterocycles. The van der Waals surface area contributed by atoms with Crippen LogP contribution in [0.15, 0.2) is 29.2 Å². The second-order valence-corrected chi connectivity index (χ2v) is 7.36. The van der Waals surface area contributed by atoms with Crippen molar-refractivity contribution in [3.63, 3.8) is 0 Å². The van der Waals surface area contributed by atoms with E-state index in [9.17, 15) is 4.79 Å². The molecule has 4 rings (SSSR count). The highest BCUT2D eigenvalue weighted by molar-refractivity contribution is 5.56. The maximum absolute atomic E-state index is 11.8. The minimum atomic E-state index is -0.121. The molecular formula is C20H27N5O2. The van der Waals surface area contributed by atoms with Crippen LogP contribution in [0.1, 0.15) is 19.0 Å². The van der Waals surface area contributed by atoms with Gasteiger partial charge in [0.05, 0.1) is 6.61 Å². The van der Waals surface area contributed by atoms with E-state index in [0.717, 1.165) is 69.4 Å². The number of H-pyrrole nitrogens is 1. The van der Waals surface area contributed by atoms with Crippen molar-refractivity contribution in [1.82, 2.24) is 19.9 Å². The van der Waals surface area contributed by atoms with Gasteiger partial charge in [-0.1, -0.05) is 6.92 Å². The van der Waals surface area contributed by atoms with Gasteiger partial charge in [0.1, 0.15) is 11.6 Å². The highest BCUT2D eigenvalue weighted by Gasteiger charge is 2.23. The van der Waals surface area contributed by atoms with Crippen LogP contribution in [0.2, 0.25) is 0 Å². The lowest BCUT2D eigenvalue weighted by molar-refractivity contribution is 0.164. The molecule has 2 aliphatic rings. The van der Waals surface area contributed by atoms with E-state index in [0.29, 0.717) is 11.7 Å². The van der Waals surface area contributed by atoms with Gasteiger partial charge in [0.25, 0.3) is 5.56 Å². The molecule has 1 N–H and O–H groups in total. The topological polar surface area (TPSA) is 74.4 Å². The Morgan fingerprint density at radius 1 is 1.26 bits per heavy atom. The van der Waals surface area contributed by atoms with Crippen LogP contribution in [0, 0.1) is 5.92 Å². The van der Waals surface area contributed by atoms with E-state index in [1.807, 2.05) is 19.1 Å². The van der Waals surface area contributed by atoms with Gasteiger partial charge in [-0.05, 0) is 30.9 Å². The molecule has 1 unspecified atom stereocenters. The zero-order chi connectivity index (χ0) is 18.6. The van der Waals surface area contributed by atoms with Gasteiger partial charge < -0.3 is 14.6 Å². The highest BCUT2D eigenvalue weighted by atomic mass is 16.5. The second-order valence-electron chi connectivity index (χ2n) is 7.36. The average Bonchev–Trinajstić information content (AvgIpc) is 3.21. The van der Waals surface area contributed by atoms with E-state index in [-0.39, 0.29) is 5.56 Å². The van der Waals surface area contributed by atoms with Crippen molar-refractivity contribution in [2.24, 2.45) is 5.92 Å². The first-order chi connectivity index (χ1) is 13.2. The summed E-state index contributed by atoms with van der Waals surface area (Å²) in [6.45, 7) is 9.07. The number of pyridine rings is 1. The molecule has 27 heavy (non-hydrogen) atoms. The van der Waals surface area contributed by atoms with Crippen LogP contribution in [0.25, 0.3) is 11.4 Å². The first-order valence-electron chi connectivity index (χ1n) is 9.83. The van der Waals surface area contributed by atoms with E-state index < -0.39 is 0 Å². The summed E-state index contributed by atoms with van der Waals surface area (Å²) in [6, 6.07) is 5.55. The fourth-order valence-electron chi connectivity index (χ4n) is 3.79. The number of aryl methyl sites for hydroxylation is 1. The Balaban J connectivity index is 1.38. The van der Waals surface area contributed by atoms with Crippen molar-refractivity contribution in [2.45, 2.75) is 19.8 Å². The van der Waals surface area contributed by atoms with Crippen molar-refractivity contribution in [1.29, 1.82) is 0 Å². The molecule has 2 aliphatic heterocycles. The summed E-state index contributed by atoms with van der Waals surface area (Å²) in [5.41, 5.74) is 1.51. The van der Waals surface area contributed by atoms with Gasteiger partial charge in [0, 0.05) is 62.9 Å². The van der Waals surface area contributed by atoms with E-state index >= 15 is 0 Å². The third-order valence-electron chi connectivity index (χ3n) is 5.41. The SMILES string of the molecule is CCc1cc(=O)[nH]c(-c2ccc(N3CCN(CC4CCOC4)CC3)nc2)n1. The van der Waals surface area contributed by atoms with Crippen LogP contribution < -0.4 is 10.5 Å². The molecule has 7 nitrogen and oxygen atoms in total. The smallest absolute Gasteiger partial charge is 0.251 e. The van der Waals surface area contributed by atoms with Gasteiger partial charge in [-0.25, -0.2) is 9.97 Å². The van der Waals surface area contributed by atoms with Crippen LogP contribution in [0.4, 0.5) is 5.82 Å². The number of piperazine rings is 1. The predicted octanol–water partition coefficient (Wildman–Crippen LogP) is 1.55. The Hall–Kier alpha value is -2.25. The number of rotatable bonds is 5. The minimum absolute atomic E-state index is 0.121. The number of anilines is 1. The third-order valence-corrected chi connectivity index (χ3v) is 5.41. The van der Waals surface area contributed by atoms with Gasteiger partial charge in [0.2, 0.25) is 0 Å². The Labute approximate surface area is 159 Å². The molecule has 1 atom stereocenters. The third kappa shape index (κ3) is 4.36. The summed E-state index contributed by atoms with van der Waals surface area (Å²) < 4.78 is 5.48. The predicted molar refractivity (Wildman–Crippen MR) is 105 cm³/mol. The number of hydrogen-bond acceptors (Lipinski definition) is 6. The lowest BCUT2D eigenvalue weighted by Crippen LogP contribution is -2.48. The van der Waals surface area contributed by atoms with E-state index in [1.54, 1.807) is 12.3 Å². The largest absolute Gasteiger partial charge is 0.381 e. The Bertz CT molecular complexity index is 806. The summed E-state index contributed by atoms with van der Waals surface area (Å²) in [7, 11) is 0. The van der Waals surface area contributed by atoms with Crippen LogP contribution in [0.3, 0.4) is 0 Å². The summed E-state index contributed by atoms with van der Waals surface area (Å²) in [6.07, 6.45) is 3.73. The first-order valence-corrected chi connectivity index (χ1v) is 9.83. The molecule has 0 aromatic carbocycles. The standard InChI is InChI=1S/C20H27N5O2/c1-2-17-11-19(26)23-20(22-17)16-3-4-18(21-12-16)25-8-6-24(7-9-25)13-15-5-10-27-14-15/h3-4,11-12,15H,2,5-10,13-14H2,1H3,(H,22,23,26). The average molecular weight is 369 g/mol. The van der Waals surface area contributed by atoms with Gasteiger partial charge in [-0.15, -0.1) is 0 Å². The maximum atomic E-state index is 11.8. The maximum Gasteiger partial charge on any atom is 0.251 e. The number of aromatic amines is 1. The molecule has 2 saturated heterocycles. The molecule has 0 spiro atoms. The zero-order valence-corrected chi connectivity index (χ0v) is 15.9. The first kappa shape index (κ1) is 18.1. The summed E-state index contributed by atoms with van der Waals surface area (Å²) >= 11 is 0. The van der Waals surface area contributed by atoms with Gasteiger partial charge in [-0.2, -0.15) is 0 Å². The minimum Gasteiger partial charge on any atom is -0.381 e. The van der Waals surface area contributed by atoms with Crippen molar-refractivity contribution in [3.05, 3.63) is 40.4 Å². The Kier molecular flexibility index (Phi) is 5.50. The van der Waals surface area contributed by atoms with Gasteiger partial charge in [-0.3, -0.25) is 9.69 Å². The molecule has 0 amide bonds. The van der Waals surface area contributed by atoms with Crippen molar-refractivity contribution in [2.75, 3.05) is 50.8 Å². The molecule has 2 fully saturated rings. The molecular weight excluding hydrogens is 342 g/mol. The number of ether oxygens (including phenoxy) is 1. The van der Waals surface area contributed by atoms with E-state index in [1.165, 1.54) is 6.42 Å². The normalized spacial score (nSPS) is 20.9. The molecule has 0 aliphatic carbocycles. The van der Waals surface area contributed by atoms with Crippen molar-refractivity contribution < 1.29 is 4.74 Å². The number of hydrogen-bond donors (Lipinski definition) is 1. The number of aromatic nitrogens is 3. The van der Waals surface area contributed by atoms with E-state index in [4.69, 9.17) is 4.74 Å². The summed E-state index contributed by atoms with van der Waals surface area (Å²) in [5.74, 6) is 2.26. The Morgan fingerprint density at radius 3 is 2.78 bits per heavy atom. The Morgan fingerprint density at radius 2 is 2.11 bits per heavy atom. The van der Waals surface area contributed by atoms with Gasteiger partial charge >= 0.3 is 0 Å². The molecule has 0 radical (unpaired) electrons. The highest BCUT2D eigenvalue weighted by Crippen LogP contribution is 2.20. The van der Waals surface area contributed by atoms with Gasteiger partial charge in [0.15, 0.2) is 0 Å². The molecule has 0 bridgehead atoms. The summed E-state index contributed by atoms with van der Waals surface area (Å²) in [5, 5.41) is 0. The molecule has 2 aromatic rings. The lowest BCUT2D eigenvalue weighted by Gasteiger charge is -2.36. The molecule has 144 valence electrons. The van der Waals surface area contributed by atoms with Crippen LogP contribution >= 0.6 is 0 Å². The van der Waals surface area contributed by atoms with Crippen molar-refractivity contribution >= 4 is 5.82 Å². The molecule has 0 saturated carbocycles. The van der Waals surface area contributed by atoms with Crippen LogP contribution in [-0.2, 0) is 11.2 Å². The quantitative estimate of drug-likeness (QED) is 0.862. The second kappa shape index (κ2) is 8.19. The fraction of sp³-hybridized carbons (Fsp3) is 0.550. The van der Waals surface area contributed by atoms with E-state index in [2.05, 4.69) is 24.8 Å². The fourth-order valence-corrected chi connectivity index (χ4v) is 3.79. The monoisotopic (exact) mass is 369 g/mol. The zero-order valence-electron chi connectivity index (χ0n) is 15.9. The number of nitrogens with one attached hydrogen (secondary N) is 1. The van der Waals surface area contributed by atoms with Crippen molar-refractivity contribution in [3.8, 4) is 11.4 Å². The molecule has 7 heteroatoms. The molecule has 4 heterocycles. The summed E-state index contributed by atoms with van der Waals surface area (Å²) in [4.78, 5) is 28.6. The lowest BCUT2D eigenvalue weighted by atomic mass is 10.1. The van der Waals surface area contributed by atoms with Crippen LogP contribution in [-0.4, -0.2) is 65.8 Å². The van der Waals surface area contributed by atoms with Crippen LogP contribution in [0.5, 0.6) is 0 Å². The number of nitrogens with zero attached hydrogens (tertiary/aromatic N) is 4.